The van der Waals surface area contributed by atoms with Crippen molar-refractivity contribution in [3.05, 3.63) is 70.4 Å². The third-order valence-electron chi connectivity index (χ3n) is 13.8. The molecule has 0 radical (unpaired) electrons. The number of ether oxygens (including phenoxy) is 2. The van der Waals surface area contributed by atoms with Crippen molar-refractivity contribution in [2.24, 2.45) is 46.3 Å². The lowest BCUT2D eigenvalue weighted by molar-refractivity contribution is -0.153. The predicted octanol–water partition coefficient (Wildman–Crippen LogP) is 10.5. The molecule has 1 heterocycles. The number of hydrogen-bond donors (Lipinski definition) is 1. The minimum absolute atomic E-state index is 0.0786. The van der Waals surface area contributed by atoms with Crippen molar-refractivity contribution in [1.29, 1.82) is 0 Å². The first-order chi connectivity index (χ1) is 24.0. The molecule has 4 aliphatic rings. The number of carbonyl (C=O) groups is 1. The third kappa shape index (κ3) is 6.52. The van der Waals surface area contributed by atoms with Crippen molar-refractivity contribution >= 4 is 16.9 Å². The largest absolute Gasteiger partial charge is 0.507 e. The second-order valence-corrected chi connectivity index (χ2v) is 17.1. The summed E-state index contributed by atoms with van der Waals surface area (Å²) in [6, 6.07) is 13.6. The molecule has 3 saturated carbocycles. The summed E-state index contributed by atoms with van der Waals surface area (Å²) in [5, 5.41) is 10.7. The smallest absolute Gasteiger partial charge is 0.344 e. The molecule has 8 atom stereocenters. The monoisotopic (exact) mass is 680 g/mol. The maximum atomic E-state index is 13.0. The first-order valence-corrected chi connectivity index (χ1v) is 19.3. The Morgan fingerprint density at radius 1 is 0.980 bits per heavy atom. The Kier molecular flexibility index (Phi) is 9.69. The highest BCUT2D eigenvalue weighted by Crippen LogP contribution is 2.67. The number of aromatic hydroxyl groups is 1. The fraction of sp³-hybridized carbons (Fsp3) is 0.591. The molecule has 6 nitrogen and oxygen atoms in total. The van der Waals surface area contributed by atoms with Gasteiger partial charge in [-0.05, 0) is 91.3 Å². The van der Waals surface area contributed by atoms with Crippen molar-refractivity contribution in [3.63, 3.8) is 0 Å². The predicted molar refractivity (Wildman–Crippen MR) is 198 cm³/mol. The summed E-state index contributed by atoms with van der Waals surface area (Å²) in [5.74, 6) is 4.75. The highest BCUT2D eigenvalue weighted by atomic mass is 16.6. The molecule has 3 aromatic rings. The maximum Gasteiger partial charge on any atom is 0.344 e. The molecule has 3 fully saturated rings. The van der Waals surface area contributed by atoms with Crippen LogP contribution in [0.2, 0.25) is 0 Å². The van der Waals surface area contributed by atoms with Gasteiger partial charge in [0.15, 0.2) is 12.0 Å². The van der Waals surface area contributed by atoms with Gasteiger partial charge in [-0.15, -0.1) is 0 Å². The van der Waals surface area contributed by atoms with Gasteiger partial charge in [0.2, 0.25) is 0 Å². The van der Waals surface area contributed by atoms with Gasteiger partial charge < -0.3 is 19.0 Å². The number of benzene rings is 2. The molecular formula is C44H56O6. The first kappa shape index (κ1) is 34.9. The molecule has 0 spiro atoms. The molecule has 268 valence electrons. The average molecular weight is 681 g/mol. The van der Waals surface area contributed by atoms with Crippen molar-refractivity contribution < 1.29 is 23.8 Å². The number of hydrogen-bond acceptors (Lipinski definition) is 6. The Bertz CT molecular complexity index is 1790. The van der Waals surface area contributed by atoms with E-state index in [2.05, 4.69) is 40.7 Å². The summed E-state index contributed by atoms with van der Waals surface area (Å²) in [6.07, 6.45) is 15.8. The van der Waals surface area contributed by atoms with Gasteiger partial charge in [-0.1, -0.05) is 95.9 Å². The van der Waals surface area contributed by atoms with Gasteiger partial charge in [0.1, 0.15) is 34.3 Å². The highest BCUT2D eigenvalue weighted by Gasteiger charge is 2.59. The minimum atomic E-state index is -0.431. The summed E-state index contributed by atoms with van der Waals surface area (Å²) in [6.45, 7) is 12.1. The molecule has 6 heteroatoms. The summed E-state index contributed by atoms with van der Waals surface area (Å²) in [4.78, 5) is 25.8. The molecule has 2 aromatic carbocycles. The quantitative estimate of drug-likeness (QED) is 0.169. The van der Waals surface area contributed by atoms with E-state index in [9.17, 15) is 14.7 Å². The highest BCUT2D eigenvalue weighted by molar-refractivity contribution is 5.86. The molecule has 0 bridgehead atoms. The molecule has 0 saturated heterocycles. The molecule has 1 aromatic heterocycles. The molecule has 4 aliphatic carbocycles. The zero-order chi connectivity index (χ0) is 35.2. The second-order valence-electron chi connectivity index (χ2n) is 17.1. The van der Waals surface area contributed by atoms with Crippen LogP contribution in [0, 0.1) is 46.3 Å². The Hall–Kier alpha value is -3.54. The molecule has 1 N–H and O–H groups in total. The van der Waals surface area contributed by atoms with Crippen LogP contribution < -0.4 is 10.2 Å². The van der Waals surface area contributed by atoms with Gasteiger partial charge in [0, 0.05) is 30.2 Å². The van der Waals surface area contributed by atoms with Crippen LogP contribution in [0.1, 0.15) is 105 Å². The van der Waals surface area contributed by atoms with Crippen molar-refractivity contribution in [3.8, 4) is 22.8 Å². The average Bonchev–Trinajstić information content (AvgIpc) is 3.44. The topological polar surface area (TPSA) is 86.0 Å². The van der Waals surface area contributed by atoms with Crippen LogP contribution in [0.25, 0.3) is 22.3 Å². The van der Waals surface area contributed by atoms with Crippen LogP contribution in [-0.2, 0) is 9.53 Å². The number of rotatable bonds is 10. The van der Waals surface area contributed by atoms with Crippen LogP contribution >= 0.6 is 0 Å². The van der Waals surface area contributed by atoms with Crippen LogP contribution in [0.4, 0.5) is 0 Å². The van der Waals surface area contributed by atoms with E-state index in [0.717, 1.165) is 60.3 Å². The number of fused-ring (bicyclic) bond motifs is 6. The minimum Gasteiger partial charge on any atom is -0.507 e. The summed E-state index contributed by atoms with van der Waals surface area (Å²) >= 11 is 0. The SMILES string of the molecule is CC(C)CCC[C@@H](C)[C@@H]1CC[C@@H]2[C@@H]3CC=C4C[C@@H](OC(=O)COc5cc(O)c6c(=O)cc(-c7ccccc7)oc6c5)CC[C@]4(C)[C@@H]3CC[C@@]21C. The van der Waals surface area contributed by atoms with E-state index in [1.165, 1.54) is 69.1 Å². The van der Waals surface area contributed by atoms with Crippen molar-refractivity contribution in [2.75, 3.05) is 6.61 Å². The van der Waals surface area contributed by atoms with Crippen molar-refractivity contribution in [1.82, 2.24) is 0 Å². The molecule has 0 unspecified atom stereocenters. The summed E-state index contributed by atoms with van der Waals surface area (Å²) < 4.78 is 17.7. The van der Waals surface area contributed by atoms with Crippen LogP contribution in [0.3, 0.4) is 0 Å². The molecule has 50 heavy (non-hydrogen) atoms. The molecule has 0 aliphatic heterocycles. The zero-order valence-electron chi connectivity index (χ0n) is 30.7. The Morgan fingerprint density at radius 3 is 2.56 bits per heavy atom. The van der Waals surface area contributed by atoms with Crippen LogP contribution in [-0.4, -0.2) is 23.8 Å². The second kappa shape index (κ2) is 13.9. The Labute approximate surface area is 297 Å². The fourth-order valence-corrected chi connectivity index (χ4v) is 11.2. The first-order valence-electron chi connectivity index (χ1n) is 19.3. The van der Waals surface area contributed by atoms with Gasteiger partial charge in [-0.25, -0.2) is 4.79 Å². The van der Waals surface area contributed by atoms with E-state index < -0.39 is 5.97 Å². The van der Waals surface area contributed by atoms with Gasteiger partial charge in [-0.3, -0.25) is 4.79 Å². The summed E-state index contributed by atoms with van der Waals surface area (Å²) in [5.41, 5.74) is 2.76. The number of carbonyl (C=O) groups excluding carboxylic acids is 1. The Morgan fingerprint density at radius 2 is 1.78 bits per heavy atom. The van der Waals surface area contributed by atoms with Gasteiger partial charge >= 0.3 is 5.97 Å². The molecular weight excluding hydrogens is 624 g/mol. The fourth-order valence-electron chi connectivity index (χ4n) is 11.2. The zero-order valence-corrected chi connectivity index (χ0v) is 30.7. The van der Waals surface area contributed by atoms with Gasteiger partial charge in [-0.2, -0.15) is 0 Å². The number of allylic oxidation sites excluding steroid dienone is 1. The van der Waals surface area contributed by atoms with Crippen LogP contribution in [0.5, 0.6) is 11.5 Å². The van der Waals surface area contributed by atoms with Gasteiger partial charge in [0.05, 0.1) is 0 Å². The Balaban J connectivity index is 0.970. The van der Waals surface area contributed by atoms with Crippen molar-refractivity contribution in [2.45, 2.75) is 111 Å². The molecule has 0 amide bonds. The third-order valence-corrected chi connectivity index (χ3v) is 13.8. The summed E-state index contributed by atoms with van der Waals surface area (Å²) in [7, 11) is 0. The lowest BCUT2D eigenvalue weighted by Gasteiger charge is -2.58. The van der Waals surface area contributed by atoms with E-state index >= 15 is 0 Å². The number of phenolic OH excluding ortho intramolecular Hbond substituents is 1. The van der Waals surface area contributed by atoms with Crippen LogP contribution in [0.15, 0.2) is 69.4 Å². The molecule has 7 rings (SSSR count). The van der Waals surface area contributed by atoms with E-state index in [-0.39, 0.29) is 46.0 Å². The van der Waals surface area contributed by atoms with E-state index in [0.29, 0.717) is 11.2 Å². The van der Waals surface area contributed by atoms with E-state index in [1.54, 1.807) is 6.07 Å². The number of esters is 1. The number of phenols is 1. The lowest BCUT2D eigenvalue weighted by atomic mass is 9.47. The van der Waals surface area contributed by atoms with E-state index in [1.807, 2.05) is 30.3 Å². The normalized spacial score (nSPS) is 31.0. The maximum absolute atomic E-state index is 13.0. The van der Waals surface area contributed by atoms with Gasteiger partial charge in [0.25, 0.3) is 0 Å². The standard InChI is InChI=1S/C44H56O6/c1-27(2)10-9-11-28(3)34-16-17-35-33-15-14-30-22-31(18-20-43(30,4)36(33)19-21-44(34,35)5)49-41(47)26-48-32-23-37(45)42-38(46)25-39(50-40(42)24-32)29-12-7-6-8-13-29/h6-8,12-14,23-25,27-28,31,33-36,45H,9-11,15-22,26H2,1-5H3/t28-,31+,33+,34+,35-,36-,43+,44-/m1/s1. The lowest BCUT2D eigenvalue weighted by Crippen LogP contribution is -2.51. The van der Waals surface area contributed by atoms with E-state index in [4.69, 9.17) is 13.9 Å².